The van der Waals surface area contributed by atoms with Crippen molar-refractivity contribution in [1.82, 2.24) is 15.3 Å². The Morgan fingerprint density at radius 3 is 3.00 bits per heavy atom. The third-order valence-electron chi connectivity index (χ3n) is 2.29. The van der Waals surface area contributed by atoms with Gasteiger partial charge in [0.2, 0.25) is 6.41 Å². The molecule has 1 aliphatic heterocycles. The molecule has 0 aromatic heterocycles. The molecule has 0 saturated carbocycles. The second kappa shape index (κ2) is 5.00. The first-order valence-electron chi connectivity index (χ1n) is 5.12. The summed E-state index contributed by atoms with van der Waals surface area (Å²) >= 11 is 0. The Balaban J connectivity index is 2.58. The van der Waals surface area contributed by atoms with Crippen molar-refractivity contribution in [3.63, 3.8) is 0 Å². The van der Waals surface area contributed by atoms with E-state index in [4.69, 9.17) is 0 Å². The van der Waals surface area contributed by atoms with Crippen LogP contribution in [0.1, 0.15) is 26.7 Å². The zero-order valence-corrected chi connectivity index (χ0v) is 9.16. The molecule has 80 valence electrons. The number of hydrogen-bond acceptors (Lipinski definition) is 3. The number of carbonyl (C=O) groups is 1. The number of unbranched alkanes of at least 4 members (excludes halogenated alkanes) is 1. The number of hydrogen-bond donors (Lipinski definition) is 1. The fraction of sp³-hybridized carbons (Fsp3) is 0.700. The molecule has 0 aromatic carbocycles. The lowest BCUT2D eigenvalue weighted by Gasteiger charge is -2.26. The van der Waals surface area contributed by atoms with Gasteiger partial charge in [0.25, 0.3) is 0 Å². The first-order chi connectivity index (χ1) is 6.69. The van der Waals surface area contributed by atoms with Crippen LogP contribution in [0.2, 0.25) is 0 Å². The van der Waals surface area contributed by atoms with Crippen LogP contribution in [0, 0.1) is 0 Å². The third kappa shape index (κ3) is 2.48. The Bertz CT molecular complexity index is 227. The fourth-order valence-corrected chi connectivity index (χ4v) is 1.52. The van der Waals surface area contributed by atoms with Gasteiger partial charge >= 0.3 is 0 Å². The molecule has 14 heavy (non-hydrogen) atoms. The average Bonchev–Trinajstić information content (AvgIpc) is 2.55. The topological polar surface area (TPSA) is 35.6 Å². The van der Waals surface area contributed by atoms with Gasteiger partial charge in [-0.15, -0.1) is 0 Å². The Morgan fingerprint density at radius 2 is 2.43 bits per heavy atom. The predicted octanol–water partition coefficient (Wildman–Crippen LogP) is 0.925. The Hall–Kier alpha value is -1.03. The van der Waals surface area contributed by atoms with E-state index in [-0.39, 0.29) is 0 Å². The van der Waals surface area contributed by atoms with Gasteiger partial charge in [0.1, 0.15) is 5.82 Å². The quantitative estimate of drug-likeness (QED) is 0.666. The second-order valence-corrected chi connectivity index (χ2v) is 3.66. The van der Waals surface area contributed by atoms with Crippen molar-refractivity contribution < 1.29 is 4.79 Å². The number of rotatable bonds is 5. The standard InChI is InChI=1S/C10H19N3O/c1-4-5-6-13-10(12(3)8-14)7-9(2)11-13/h7-9,11H,4-6H2,1-3H3. The summed E-state index contributed by atoms with van der Waals surface area (Å²) in [6, 6.07) is 0.309. The van der Waals surface area contributed by atoms with Gasteiger partial charge in [-0.2, -0.15) is 0 Å². The van der Waals surface area contributed by atoms with Gasteiger partial charge in [-0.25, -0.2) is 5.43 Å². The monoisotopic (exact) mass is 197 g/mol. The van der Waals surface area contributed by atoms with Gasteiger partial charge in [-0.3, -0.25) is 9.80 Å². The average molecular weight is 197 g/mol. The number of nitrogens with zero attached hydrogens (tertiary/aromatic N) is 2. The maximum absolute atomic E-state index is 10.6. The van der Waals surface area contributed by atoms with Gasteiger partial charge in [0, 0.05) is 19.6 Å². The fourth-order valence-electron chi connectivity index (χ4n) is 1.52. The van der Waals surface area contributed by atoms with E-state index >= 15 is 0 Å². The molecule has 1 aliphatic rings. The molecule has 1 heterocycles. The summed E-state index contributed by atoms with van der Waals surface area (Å²) in [6.45, 7) is 5.18. The maximum Gasteiger partial charge on any atom is 0.215 e. The zero-order valence-electron chi connectivity index (χ0n) is 9.16. The highest BCUT2D eigenvalue weighted by atomic mass is 16.1. The summed E-state index contributed by atoms with van der Waals surface area (Å²) in [6.07, 6.45) is 5.18. The summed E-state index contributed by atoms with van der Waals surface area (Å²) in [5, 5.41) is 2.04. The predicted molar refractivity (Wildman–Crippen MR) is 56.1 cm³/mol. The van der Waals surface area contributed by atoms with Crippen LogP contribution in [0.25, 0.3) is 0 Å². The van der Waals surface area contributed by atoms with Crippen molar-refractivity contribution in [3.8, 4) is 0 Å². The minimum atomic E-state index is 0.309. The van der Waals surface area contributed by atoms with E-state index in [2.05, 4.69) is 25.3 Å². The van der Waals surface area contributed by atoms with Crippen LogP contribution < -0.4 is 5.43 Å². The van der Waals surface area contributed by atoms with Gasteiger partial charge in [-0.1, -0.05) is 13.3 Å². The molecule has 0 spiro atoms. The maximum atomic E-state index is 10.6. The Kier molecular flexibility index (Phi) is 3.95. The molecule has 4 nitrogen and oxygen atoms in total. The van der Waals surface area contributed by atoms with Crippen LogP contribution in [0.4, 0.5) is 0 Å². The van der Waals surface area contributed by atoms with Gasteiger partial charge in [-0.05, 0) is 19.4 Å². The molecule has 0 bridgehead atoms. The molecule has 0 fully saturated rings. The highest BCUT2D eigenvalue weighted by Crippen LogP contribution is 2.14. The lowest BCUT2D eigenvalue weighted by molar-refractivity contribution is -0.116. The second-order valence-electron chi connectivity index (χ2n) is 3.66. The molecular weight excluding hydrogens is 178 g/mol. The minimum absolute atomic E-state index is 0.309. The van der Waals surface area contributed by atoms with Crippen molar-refractivity contribution in [2.45, 2.75) is 32.7 Å². The molecule has 0 aromatic rings. The van der Waals surface area contributed by atoms with Crippen LogP contribution >= 0.6 is 0 Å². The Morgan fingerprint density at radius 1 is 1.71 bits per heavy atom. The summed E-state index contributed by atoms with van der Waals surface area (Å²) in [5.74, 6) is 0.959. The molecule has 0 aliphatic carbocycles. The van der Waals surface area contributed by atoms with Crippen LogP contribution in [0.15, 0.2) is 11.9 Å². The van der Waals surface area contributed by atoms with E-state index in [0.717, 1.165) is 31.6 Å². The van der Waals surface area contributed by atoms with Gasteiger partial charge < -0.3 is 4.90 Å². The first kappa shape index (κ1) is 11.0. The normalized spacial score (nSPS) is 20.9. The zero-order chi connectivity index (χ0) is 10.6. The summed E-state index contributed by atoms with van der Waals surface area (Å²) < 4.78 is 0. The third-order valence-corrected chi connectivity index (χ3v) is 2.29. The minimum Gasteiger partial charge on any atom is -0.303 e. The lowest BCUT2D eigenvalue weighted by Crippen LogP contribution is -2.40. The van der Waals surface area contributed by atoms with E-state index in [0.29, 0.717) is 6.04 Å². The van der Waals surface area contributed by atoms with Crippen molar-refractivity contribution in [2.75, 3.05) is 13.6 Å². The van der Waals surface area contributed by atoms with Crippen molar-refractivity contribution in [3.05, 3.63) is 11.9 Å². The number of hydrazine groups is 1. The van der Waals surface area contributed by atoms with E-state index in [1.165, 1.54) is 0 Å². The van der Waals surface area contributed by atoms with Crippen LogP contribution in [0.3, 0.4) is 0 Å². The first-order valence-corrected chi connectivity index (χ1v) is 5.12. The highest BCUT2D eigenvalue weighted by Gasteiger charge is 2.21. The molecule has 0 saturated heterocycles. The molecule has 1 N–H and O–H groups in total. The number of carbonyl (C=O) groups excluding carboxylic acids is 1. The van der Waals surface area contributed by atoms with Gasteiger partial charge in [0.15, 0.2) is 0 Å². The van der Waals surface area contributed by atoms with Crippen LogP contribution in [0.5, 0.6) is 0 Å². The molecule has 1 atom stereocenters. The molecule has 1 rings (SSSR count). The molecule has 1 unspecified atom stereocenters. The summed E-state index contributed by atoms with van der Waals surface area (Å²) in [5.41, 5.74) is 3.29. The molecule has 4 heteroatoms. The number of amides is 1. The van der Waals surface area contributed by atoms with E-state index in [1.807, 2.05) is 5.01 Å². The van der Waals surface area contributed by atoms with E-state index in [9.17, 15) is 4.79 Å². The SMILES string of the molecule is CCCCN1NC(C)C=C1N(C)C=O. The van der Waals surface area contributed by atoms with Crippen molar-refractivity contribution in [2.24, 2.45) is 0 Å². The van der Waals surface area contributed by atoms with Crippen molar-refractivity contribution in [1.29, 1.82) is 0 Å². The van der Waals surface area contributed by atoms with Crippen LogP contribution in [-0.2, 0) is 4.79 Å². The molecule has 0 radical (unpaired) electrons. The Labute approximate surface area is 85.5 Å². The largest absolute Gasteiger partial charge is 0.303 e. The highest BCUT2D eigenvalue weighted by molar-refractivity contribution is 5.50. The summed E-state index contributed by atoms with van der Waals surface area (Å²) in [4.78, 5) is 12.3. The van der Waals surface area contributed by atoms with Gasteiger partial charge in [0.05, 0.1) is 0 Å². The smallest absolute Gasteiger partial charge is 0.215 e. The lowest BCUT2D eigenvalue weighted by atomic mass is 10.3. The summed E-state index contributed by atoms with van der Waals surface area (Å²) in [7, 11) is 1.78. The van der Waals surface area contributed by atoms with Crippen LogP contribution in [-0.4, -0.2) is 36.0 Å². The van der Waals surface area contributed by atoms with Crippen molar-refractivity contribution >= 4 is 6.41 Å². The molecular formula is C10H19N3O. The molecule has 1 amide bonds. The number of nitrogens with one attached hydrogen (secondary N) is 1. The van der Waals surface area contributed by atoms with E-state index in [1.54, 1.807) is 11.9 Å². The van der Waals surface area contributed by atoms with E-state index < -0.39 is 0 Å².